The molecule has 1 aliphatic rings. The molecule has 2 nitrogen and oxygen atoms in total. The van der Waals surface area contributed by atoms with Gasteiger partial charge in [-0.3, -0.25) is 4.98 Å². The van der Waals surface area contributed by atoms with Gasteiger partial charge in [-0.05, 0) is 42.0 Å². The van der Waals surface area contributed by atoms with Gasteiger partial charge in [-0.25, -0.2) is 0 Å². The van der Waals surface area contributed by atoms with Gasteiger partial charge in [0.25, 0.3) is 0 Å². The summed E-state index contributed by atoms with van der Waals surface area (Å²) in [6.07, 6.45) is 5.74. The van der Waals surface area contributed by atoms with Crippen LogP contribution in [0.5, 0.6) is 0 Å². The number of rotatable bonds is 4. The fraction of sp³-hybridized carbons (Fsp3) is 0.353. The van der Waals surface area contributed by atoms with E-state index in [9.17, 15) is 5.11 Å². The quantitative estimate of drug-likeness (QED) is 0.902. The molecule has 19 heavy (non-hydrogen) atoms. The van der Waals surface area contributed by atoms with Crippen LogP contribution in [-0.4, -0.2) is 10.1 Å². The van der Waals surface area contributed by atoms with Crippen molar-refractivity contribution in [3.8, 4) is 0 Å². The molecule has 2 heteroatoms. The van der Waals surface area contributed by atoms with Crippen molar-refractivity contribution in [1.29, 1.82) is 0 Å². The van der Waals surface area contributed by atoms with Crippen LogP contribution in [0.4, 0.5) is 0 Å². The van der Waals surface area contributed by atoms with Gasteiger partial charge in [0, 0.05) is 18.3 Å². The van der Waals surface area contributed by atoms with E-state index in [4.69, 9.17) is 0 Å². The van der Waals surface area contributed by atoms with Gasteiger partial charge in [-0.1, -0.05) is 36.8 Å². The van der Waals surface area contributed by atoms with E-state index in [2.05, 4.69) is 23.2 Å². The van der Waals surface area contributed by atoms with Gasteiger partial charge >= 0.3 is 0 Å². The summed E-state index contributed by atoms with van der Waals surface area (Å²) in [5, 5.41) is 10.5. The Labute approximate surface area is 114 Å². The monoisotopic (exact) mass is 253 g/mol. The van der Waals surface area contributed by atoms with Crippen molar-refractivity contribution in [1.82, 2.24) is 4.98 Å². The van der Waals surface area contributed by atoms with Crippen LogP contribution in [0.3, 0.4) is 0 Å². The molecule has 1 heterocycles. The molecule has 0 saturated heterocycles. The Balaban J connectivity index is 1.81. The molecule has 1 saturated carbocycles. The lowest BCUT2D eigenvalue weighted by molar-refractivity contribution is 0.174. The molecule has 2 aromatic rings. The SMILES string of the molecule is OC(Cc1ccccn1)c1ccccc1C1CCC1. The number of aromatic nitrogens is 1. The molecular formula is C17H19NO. The highest BCUT2D eigenvalue weighted by molar-refractivity contribution is 5.34. The van der Waals surface area contributed by atoms with E-state index in [1.165, 1.54) is 24.8 Å². The first-order valence-corrected chi connectivity index (χ1v) is 7.01. The van der Waals surface area contributed by atoms with Crippen LogP contribution < -0.4 is 0 Å². The molecule has 1 N–H and O–H groups in total. The smallest absolute Gasteiger partial charge is 0.0848 e. The Bertz CT molecular complexity index is 534. The van der Waals surface area contributed by atoms with Gasteiger partial charge in [0.2, 0.25) is 0 Å². The third-order valence-electron chi connectivity index (χ3n) is 4.03. The largest absolute Gasteiger partial charge is 0.388 e. The molecule has 0 bridgehead atoms. The summed E-state index contributed by atoms with van der Waals surface area (Å²) in [4.78, 5) is 4.29. The second kappa shape index (κ2) is 5.54. The van der Waals surface area contributed by atoms with Crippen molar-refractivity contribution >= 4 is 0 Å². The van der Waals surface area contributed by atoms with Crippen molar-refractivity contribution in [2.75, 3.05) is 0 Å². The Kier molecular flexibility index (Phi) is 3.60. The van der Waals surface area contributed by atoms with Crippen LogP contribution >= 0.6 is 0 Å². The molecule has 98 valence electrons. The van der Waals surface area contributed by atoms with E-state index < -0.39 is 6.10 Å². The summed E-state index contributed by atoms with van der Waals surface area (Å²) >= 11 is 0. The topological polar surface area (TPSA) is 33.1 Å². The number of aliphatic hydroxyl groups is 1. The van der Waals surface area contributed by atoms with Crippen LogP contribution in [-0.2, 0) is 6.42 Å². The molecule has 1 aliphatic carbocycles. The first kappa shape index (κ1) is 12.4. The highest BCUT2D eigenvalue weighted by atomic mass is 16.3. The minimum absolute atomic E-state index is 0.452. The number of hydrogen-bond acceptors (Lipinski definition) is 2. The molecule has 0 amide bonds. The first-order chi connectivity index (χ1) is 9.34. The number of aliphatic hydroxyl groups excluding tert-OH is 1. The van der Waals surface area contributed by atoms with Crippen molar-refractivity contribution in [3.63, 3.8) is 0 Å². The van der Waals surface area contributed by atoms with Gasteiger partial charge in [0.1, 0.15) is 0 Å². The second-order valence-corrected chi connectivity index (χ2v) is 5.30. The third-order valence-corrected chi connectivity index (χ3v) is 4.03. The standard InChI is InChI=1S/C17H19NO/c19-17(12-14-8-3-4-11-18-14)16-10-2-1-9-15(16)13-6-5-7-13/h1-4,8-11,13,17,19H,5-7,12H2. The third kappa shape index (κ3) is 2.69. The van der Waals surface area contributed by atoms with Crippen LogP contribution in [0.2, 0.25) is 0 Å². The summed E-state index contributed by atoms with van der Waals surface area (Å²) in [5.74, 6) is 0.648. The fourth-order valence-electron chi connectivity index (χ4n) is 2.73. The van der Waals surface area contributed by atoms with Crippen molar-refractivity contribution < 1.29 is 5.11 Å². The number of pyridine rings is 1. The maximum absolute atomic E-state index is 10.5. The Morgan fingerprint density at radius 3 is 2.58 bits per heavy atom. The van der Waals surface area contributed by atoms with E-state index in [1.54, 1.807) is 6.20 Å². The maximum atomic E-state index is 10.5. The van der Waals surface area contributed by atoms with Gasteiger partial charge in [0.05, 0.1) is 6.10 Å². The molecular weight excluding hydrogens is 234 g/mol. The number of benzene rings is 1. The zero-order valence-electron chi connectivity index (χ0n) is 11.0. The van der Waals surface area contributed by atoms with E-state index in [0.717, 1.165) is 11.3 Å². The predicted octanol–water partition coefficient (Wildman–Crippen LogP) is 3.63. The summed E-state index contributed by atoms with van der Waals surface area (Å²) in [7, 11) is 0. The molecule has 0 radical (unpaired) electrons. The molecule has 3 rings (SSSR count). The van der Waals surface area contributed by atoms with Crippen LogP contribution in [0.1, 0.15) is 48.1 Å². The summed E-state index contributed by atoms with van der Waals surface area (Å²) in [6, 6.07) is 14.1. The van der Waals surface area contributed by atoms with Gasteiger partial charge in [-0.15, -0.1) is 0 Å². The van der Waals surface area contributed by atoms with Crippen molar-refractivity contribution in [3.05, 3.63) is 65.5 Å². The lowest BCUT2D eigenvalue weighted by Gasteiger charge is -2.29. The lowest BCUT2D eigenvalue weighted by atomic mass is 9.77. The minimum atomic E-state index is -0.452. The average molecular weight is 253 g/mol. The normalized spacial score (nSPS) is 16.9. The summed E-state index contributed by atoms with van der Waals surface area (Å²) in [6.45, 7) is 0. The Hall–Kier alpha value is -1.67. The average Bonchev–Trinajstić information content (AvgIpc) is 2.38. The van der Waals surface area contributed by atoms with E-state index in [-0.39, 0.29) is 0 Å². The van der Waals surface area contributed by atoms with Gasteiger partial charge < -0.3 is 5.11 Å². The molecule has 0 spiro atoms. The van der Waals surface area contributed by atoms with E-state index >= 15 is 0 Å². The van der Waals surface area contributed by atoms with Crippen molar-refractivity contribution in [2.24, 2.45) is 0 Å². The number of hydrogen-bond donors (Lipinski definition) is 1. The van der Waals surface area contributed by atoms with Gasteiger partial charge in [0.15, 0.2) is 0 Å². The first-order valence-electron chi connectivity index (χ1n) is 7.01. The molecule has 0 aliphatic heterocycles. The maximum Gasteiger partial charge on any atom is 0.0848 e. The second-order valence-electron chi connectivity index (χ2n) is 5.30. The Morgan fingerprint density at radius 2 is 1.89 bits per heavy atom. The van der Waals surface area contributed by atoms with Crippen LogP contribution in [0.15, 0.2) is 48.7 Å². The van der Waals surface area contributed by atoms with Crippen molar-refractivity contribution in [2.45, 2.75) is 37.7 Å². The molecule has 1 atom stereocenters. The molecule has 1 aromatic heterocycles. The lowest BCUT2D eigenvalue weighted by Crippen LogP contribution is -2.14. The van der Waals surface area contributed by atoms with E-state index in [0.29, 0.717) is 12.3 Å². The summed E-state index contributed by atoms with van der Waals surface area (Å²) in [5.41, 5.74) is 3.36. The van der Waals surface area contributed by atoms with Crippen LogP contribution in [0.25, 0.3) is 0 Å². The number of nitrogens with zero attached hydrogens (tertiary/aromatic N) is 1. The van der Waals surface area contributed by atoms with E-state index in [1.807, 2.05) is 24.3 Å². The zero-order chi connectivity index (χ0) is 13.1. The zero-order valence-corrected chi connectivity index (χ0v) is 11.0. The highest BCUT2D eigenvalue weighted by Gasteiger charge is 2.24. The predicted molar refractivity (Wildman–Crippen MR) is 75.9 cm³/mol. The highest BCUT2D eigenvalue weighted by Crippen LogP contribution is 2.39. The molecule has 1 fully saturated rings. The Morgan fingerprint density at radius 1 is 1.11 bits per heavy atom. The fourth-order valence-corrected chi connectivity index (χ4v) is 2.73. The van der Waals surface area contributed by atoms with Crippen LogP contribution in [0, 0.1) is 0 Å². The summed E-state index contributed by atoms with van der Waals surface area (Å²) < 4.78 is 0. The molecule has 1 aromatic carbocycles. The van der Waals surface area contributed by atoms with Gasteiger partial charge in [-0.2, -0.15) is 0 Å². The molecule has 1 unspecified atom stereocenters. The minimum Gasteiger partial charge on any atom is -0.388 e.